The van der Waals surface area contributed by atoms with Gasteiger partial charge < -0.3 is 34.6 Å². The van der Waals surface area contributed by atoms with Gasteiger partial charge in [0.15, 0.2) is 0 Å². The molecule has 420 valence electrons. The zero-order valence-electron chi connectivity index (χ0n) is 47.5. The van der Waals surface area contributed by atoms with Crippen LogP contribution in [-0.2, 0) is 33.4 Å². The van der Waals surface area contributed by atoms with Gasteiger partial charge in [-0.2, -0.15) is 0 Å². The van der Waals surface area contributed by atoms with E-state index in [1.54, 1.807) is 0 Å². The first-order chi connectivity index (χ1) is 34.6. The molecule has 72 heavy (non-hydrogen) atoms. The van der Waals surface area contributed by atoms with E-state index in [2.05, 4.69) is 27.7 Å². The fourth-order valence-corrected chi connectivity index (χ4v) is 11.5. The number of hydrogen-bond acceptors (Lipinski definition) is 11. The highest BCUT2D eigenvalue weighted by atomic mass is 16.5. The minimum absolute atomic E-state index is 0.0866. The second-order valence-electron chi connectivity index (χ2n) is 22.3. The molecule has 11 unspecified atom stereocenters. The minimum atomic E-state index is -0.220. The number of hydrogen-bond donors (Lipinski definition) is 4. The fraction of sp³-hybridized carbons (Fsp3) is 0.869. The molecule has 0 radical (unpaired) electrons. The topological polar surface area (TPSA) is 177 Å². The summed E-state index contributed by atoms with van der Waals surface area (Å²) >= 11 is 0. The number of carbonyl (C=O) groups excluding carboxylic acids is 4. The van der Waals surface area contributed by atoms with Crippen molar-refractivity contribution in [1.29, 1.82) is 0 Å². The van der Waals surface area contributed by atoms with Gasteiger partial charge in [0.2, 0.25) is 0 Å². The van der Waals surface area contributed by atoms with E-state index in [9.17, 15) is 34.5 Å². The number of ether oxygens (including phenoxy) is 3. The largest absolute Gasteiger partial charge is 0.466 e. The van der Waals surface area contributed by atoms with Gasteiger partial charge in [0, 0.05) is 38.2 Å². The number of rotatable bonds is 30. The Labute approximate surface area is 439 Å². The van der Waals surface area contributed by atoms with Crippen LogP contribution in [0.1, 0.15) is 249 Å². The van der Waals surface area contributed by atoms with E-state index >= 15 is 0 Å². The normalized spacial score (nSPS) is 26.3. The van der Waals surface area contributed by atoms with E-state index in [-0.39, 0.29) is 60.6 Å². The molecule has 4 saturated carbocycles. The summed E-state index contributed by atoms with van der Waals surface area (Å²) in [6, 6.07) is 0. The van der Waals surface area contributed by atoms with Gasteiger partial charge in [0.25, 0.3) is 0 Å². The lowest BCUT2D eigenvalue weighted by Crippen LogP contribution is -2.22. The van der Waals surface area contributed by atoms with Gasteiger partial charge in [-0.05, 0) is 165 Å². The van der Waals surface area contributed by atoms with E-state index in [1.807, 2.05) is 46.8 Å². The van der Waals surface area contributed by atoms with Gasteiger partial charge in [0.05, 0.1) is 24.9 Å². The lowest BCUT2D eigenvalue weighted by atomic mass is 9.87. The molecule has 0 aromatic rings. The Hall–Kier alpha value is -2.60. The van der Waals surface area contributed by atoms with Gasteiger partial charge in [-0.1, -0.05) is 123 Å². The lowest BCUT2D eigenvalue weighted by molar-refractivity contribution is -0.145. The highest BCUT2D eigenvalue weighted by molar-refractivity contribution is 5.84. The number of ketones is 1. The highest BCUT2D eigenvalue weighted by Crippen LogP contribution is 2.40. The van der Waals surface area contributed by atoms with Gasteiger partial charge in [0.1, 0.15) is 19.0 Å². The molecule has 4 rings (SSSR count). The van der Waals surface area contributed by atoms with Crippen LogP contribution in [0.2, 0.25) is 0 Å². The molecule has 11 atom stereocenters. The van der Waals surface area contributed by atoms with Crippen molar-refractivity contribution in [3.63, 3.8) is 0 Å². The average Bonchev–Trinajstić information content (AvgIpc) is 4.08. The van der Waals surface area contributed by atoms with Gasteiger partial charge in [-0.25, -0.2) is 0 Å². The van der Waals surface area contributed by atoms with Crippen molar-refractivity contribution >= 4 is 23.7 Å². The molecular weight excluding hydrogens is 909 g/mol. The second kappa shape index (κ2) is 41.6. The quantitative estimate of drug-likeness (QED) is 0.0233. The van der Waals surface area contributed by atoms with Crippen LogP contribution in [0.4, 0.5) is 0 Å². The number of unbranched alkanes of at least 4 members (excludes halogenated alkanes) is 8. The predicted octanol–water partition coefficient (Wildman–Crippen LogP) is 13.5. The number of carbonyl (C=O) groups is 4. The van der Waals surface area contributed by atoms with Crippen LogP contribution >= 0.6 is 0 Å². The summed E-state index contributed by atoms with van der Waals surface area (Å²) in [4.78, 5) is 47.2. The summed E-state index contributed by atoms with van der Waals surface area (Å²) in [6.07, 6.45) is 32.1. The van der Waals surface area contributed by atoms with Crippen LogP contribution in [0.15, 0.2) is 23.3 Å². The summed E-state index contributed by atoms with van der Waals surface area (Å²) in [5.74, 6) is 2.56. The summed E-state index contributed by atoms with van der Waals surface area (Å²) in [5, 5.41) is 38.8. The smallest absolute Gasteiger partial charge is 0.306 e. The molecular formula is C61H110O11. The third-order valence-corrected chi connectivity index (χ3v) is 15.8. The molecule has 0 heterocycles. The number of allylic oxidation sites excluding steroid dienone is 2. The Kier molecular flexibility index (Phi) is 39.0. The van der Waals surface area contributed by atoms with Gasteiger partial charge in [-0.15, -0.1) is 0 Å². The van der Waals surface area contributed by atoms with E-state index in [0.29, 0.717) is 80.9 Å². The number of aliphatic hydroxyl groups excluding tert-OH is 4. The molecule has 0 aromatic carbocycles. The molecule has 0 amide bonds. The van der Waals surface area contributed by atoms with Crippen LogP contribution in [0.3, 0.4) is 0 Å². The van der Waals surface area contributed by atoms with Crippen molar-refractivity contribution < 1.29 is 53.8 Å². The van der Waals surface area contributed by atoms with Crippen molar-refractivity contribution in [3.05, 3.63) is 23.3 Å². The van der Waals surface area contributed by atoms with Gasteiger partial charge >= 0.3 is 17.9 Å². The number of Topliss-reactive ketones (excluding diaryl/α,β-unsaturated/α-hetero) is 1. The van der Waals surface area contributed by atoms with Crippen molar-refractivity contribution in [2.75, 3.05) is 26.4 Å². The fourth-order valence-electron chi connectivity index (χ4n) is 11.5. The summed E-state index contributed by atoms with van der Waals surface area (Å²) < 4.78 is 15.6. The SMILES string of the molecule is CCCCCC1C(=O)CCC1CC(=O)OCC=C(C)C.CCCCCC1C(O)CCC1CC(=O)OCC=C(C)C.CCCCCC1C(O)CCC1CC(=O)OCCC.CCCCCC1C(O)CCC1CCO. The standard InChI is InChI=1S/C17H30O3.C17H28O3.C15H28O3.C12H24O2/c2*1-4-5-6-7-15-14(8-9-16(15)18)12-17(19)20-11-10-13(2)3;1-3-5-6-7-13-12(8-9-14(13)16)11-15(17)18-10-4-2;1-2-3-4-5-11-10(8-9-13)6-7-12(11)14/h10,14-16,18H,4-9,11-12H2,1-3H3;10,14-15H,4-9,11-12H2,1-3H3;12-14,16H,3-11H2,1-2H3;10-14H,2-9H2,1H3. The number of aliphatic hydroxyl groups is 4. The minimum Gasteiger partial charge on any atom is -0.466 e. The Bertz CT molecular complexity index is 1480. The van der Waals surface area contributed by atoms with E-state index in [0.717, 1.165) is 114 Å². The molecule has 4 aliphatic carbocycles. The van der Waals surface area contributed by atoms with E-state index in [1.165, 1.54) is 57.8 Å². The maximum atomic E-state index is 11.9. The van der Waals surface area contributed by atoms with Crippen LogP contribution < -0.4 is 0 Å². The zero-order chi connectivity index (χ0) is 53.7. The van der Waals surface area contributed by atoms with Crippen LogP contribution in [0, 0.1) is 47.3 Å². The van der Waals surface area contributed by atoms with Crippen LogP contribution in [0.25, 0.3) is 0 Å². The summed E-state index contributed by atoms with van der Waals surface area (Å²) in [7, 11) is 0. The third-order valence-electron chi connectivity index (χ3n) is 15.8. The first-order valence-corrected chi connectivity index (χ1v) is 29.5. The molecule has 0 bridgehead atoms. The molecule has 0 aliphatic heterocycles. The third kappa shape index (κ3) is 29.5. The highest BCUT2D eigenvalue weighted by Gasteiger charge is 2.38. The van der Waals surface area contributed by atoms with Crippen molar-refractivity contribution in [2.45, 2.75) is 267 Å². The molecule has 11 nitrogen and oxygen atoms in total. The Morgan fingerprint density at radius 2 is 0.847 bits per heavy atom. The average molecular weight is 1020 g/mol. The molecule has 4 fully saturated rings. The maximum Gasteiger partial charge on any atom is 0.306 e. The first-order valence-electron chi connectivity index (χ1n) is 29.5. The van der Waals surface area contributed by atoms with E-state index < -0.39 is 0 Å². The Morgan fingerprint density at radius 3 is 1.24 bits per heavy atom. The molecule has 0 aromatic heterocycles. The molecule has 4 aliphatic rings. The zero-order valence-corrected chi connectivity index (χ0v) is 47.5. The van der Waals surface area contributed by atoms with E-state index in [4.69, 9.17) is 19.3 Å². The maximum absolute atomic E-state index is 11.9. The molecule has 4 N–H and O–H groups in total. The predicted molar refractivity (Wildman–Crippen MR) is 292 cm³/mol. The second-order valence-corrected chi connectivity index (χ2v) is 22.3. The van der Waals surface area contributed by atoms with Crippen molar-refractivity contribution in [2.24, 2.45) is 47.3 Å². The molecule has 11 heteroatoms. The first kappa shape index (κ1) is 67.4. The van der Waals surface area contributed by atoms with Crippen LogP contribution in [0.5, 0.6) is 0 Å². The van der Waals surface area contributed by atoms with Crippen molar-refractivity contribution in [1.82, 2.24) is 0 Å². The number of esters is 3. The van der Waals surface area contributed by atoms with Crippen LogP contribution in [-0.4, -0.2) is 88.9 Å². The van der Waals surface area contributed by atoms with Crippen molar-refractivity contribution in [3.8, 4) is 0 Å². The lowest BCUT2D eigenvalue weighted by Gasteiger charge is -2.21. The summed E-state index contributed by atoms with van der Waals surface area (Å²) in [6.45, 7) is 20.2. The molecule has 0 spiro atoms. The monoisotopic (exact) mass is 1020 g/mol. The Morgan fingerprint density at radius 1 is 0.472 bits per heavy atom. The Balaban J connectivity index is 0.000000484. The molecule has 0 saturated heterocycles. The van der Waals surface area contributed by atoms with Gasteiger partial charge in [-0.3, -0.25) is 19.2 Å². The summed E-state index contributed by atoms with van der Waals surface area (Å²) in [5.41, 5.74) is 2.30.